The lowest BCUT2D eigenvalue weighted by molar-refractivity contribution is -0.118. The molecule has 22 heavy (non-hydrogen) atoms. The molecule has 0 bridgehead atoms. The van der Waals surface area contributed by atoms with Gasteiger partial charge < -0.3 is 0 Å². The number of halogens is 1. The predicted octanol–water partition coefficient (Wildman–Crippen LogP) is 2.23. The summed E-state index contributed by atoms with van der Waals surface area (Å²) in [7, 11) is 0. The average Bonchev–Trinajstić information content (AvgIpc) is 2.75. The van der Waals surface area contributed by atoms with Crippen molar-refractivity contribution < 1.29 is 18.8 Å². The molecule has 2 aromatic rings. The molecule has 3 rings (SSSR count). The van der Waals surface area contributed by atoms with Crippen LogP contribution in [0.15, 0.2) is 48.5 Å². The fourth-order valence-electron chi connectivity index (χ4n) is 2.44. The minimum atomic E-state index is -0.451. The van der Waals surface area contributed by atoms with Crippen molar-refractivity contribution in [2.75, 3.05) is 6.54 Å². The Morgan fingerprint density at radius 1 is 0.909 bits per heavy atom. The molecule has 2 amide bonds. The molecule has 0 atom stereocenters. The van der Waals surface area contributed by atoms with E-state index in [4.69, 9.17) is 0 Å². The van der Waals surface area contributed by atoms with E-state index in [1.54, 1.807) is 24.3 Å². The summed E-state index contributed by atoms with van der Waals surface area (Å²) in [4.78, 5) is 37.3. The number of ketones is 1. The fourth-order valence-corrected chi connectivity index (χ4v) is 2.44. The second kappa shape index (κ2) is 5.52. The standard InChI is InChI=1S/C17H12FNO3/c18-12-7-5-11(6-8-12)9-13(20)10-19-16(21)14-3-1-2-4-15(14)17(19)22/h1-8H,9-10H2. The quantitative estimate of drug-likeness (QED) is 0.813. The van der Waals surface area contributed by atoms with Gasteiger partial charge in [0.25, 0.3) is 11.8 Å². The van der Waals surface area contributed by atoms with Gasteiger partial charge in [-0.05, 0) is 29.8 Å². The highest BCUT2D eigenvalue weighted by Crippen LogP contribution is 2.22. The van der Waals surface area contributed by atoms with Crippen molar-refractivity contribution in [3.8, 4) is 0 Å². The summed E-state index contributed by atoms with van der Waals surface area (Å²) >= 11 is 0. The number of Topliss-reactive ketones (excluding diaryl/α,β-unsaturated/α-hetero) is 1. The maximum absolute atomic E-state index is 12.8. The van der Waals surface area contributed by atoms with Crippen LogP contribution in [0.3, 0.4) is 0 Å². The predicted molar refractivity (Wildman–Crippen MR) is 76.9 cm³/mol. The van der Waals surface area contributed by atoms with Crippen LogP contribution < -0.4 is 0 Å². The first-order valence-corrected chi connectivity index (χ1v) is 6.77. The van der Waals surface area contributed by atoms with Crippen LogP contribution in [0.4, 0.5) is 4.39 Å². The summed E-state index contributed by atoms with van der Waals surface area (Å²) in [5, 5.41) is 0. The smallest absolute Gasteiger partial charge is 0.261 e. The molecule has 0 N–H and O–H groups in total. The highest BCUT2D eigenvalue weighted by Gasteiger charge is 2.35. The Morgan fingerprint density at radius 3 is 2.00 bits per heavy atom. The van der Waals surface area contributed by atoms with Crippen LogP contribution >= 0.6 is 0 Å². The largest absolute Gasteiger partial charge is 0.297 e. The monoisotopic (exact) mass is 297 g/mol. The van der Waals surface area contributed by atoms with E-state index < -0.39 is 11.8 Å². The molecule has 2 aromatic carbocycles. The molecule has 110 valence electrons. The molecule has 4 nitrogen and oxygen atoms in total. The molecule has 0 saturated heterocycles. The third-order valence-electron chi connectivity index (χ3n) is 3.53. The van der Waals surface area contributed by atoms with Crippen molar-refractivity contribution in [1.29, 1.82) is 0 Å². The third kappa shape index (κ3) is 2.53. The van der Waals surface area contributed by atoms with Gasteiger partial charge in [0.1, 0.15) is 5.82 Å². The molecule has 1 heterocycles. The minimum Gasteiger partial charge on any atom is -0.297 e. The normalized spacial score (nSPS) is 13.4. The van der Waals surface area contributed by atoms with Gasteiger partial charge in [0.15, 0.2) is 5.78 Å². The number of imide groups is 1. The van der Waals surface area contributed by atoms with E-state index in [2.05, 4.69) is 0 Å². The Balaban J connectivity index is 1.71. The van der Waals surface area contributed by atoms with E-state index in [0.29, 0.717) is 16.7 Å². The summed E-state index contributed by atoms with van der Waals surface area (Å²) < 4.78 is 12.8. The van der Waals surface area contributed by atoms with Gasteiger partial charge in [-0.15, -0.1) is 0 Å². The molecule has 0 radical (unpaired) electrons. The average molecular weight is 297 g/mol. The summed E-state index contributed by atoms with van der Waals surface area (Å²) in [6.07, 6.45) is 0.0493. The summed E-state index contributed by atoms with van der Waals surface area (Å²) in [6, 6.07) is 12.0. The van der Waals surface area contributed by atoms with Crippen molar-refractivity contribution in [1.82, 2.24) is 4.90 Å². The van der Waals surface area contributed by atoms with Gasteiger partial charge in [-0.1, -0.05) is 24.3 Å². The van der Waals surface area contributed by atoms with Crippen LogP contribution in [0.2, 0.25) is 0 Å². The number of hydrogen-bond acceptors (Lipinski definition) is 3. The lowest BCUT2D eigenvalue weighted by Crippen LogP contribution is -2.35. The minimum absolute atomic E-state index is 0.0493. The number of amides is 2. The van der Waals surface area contributed by atoms with Crippen molar-refractivity contribution in [2.45, 2.75) is 6.42 Å². The van der Waals surface area contributed by atoms with Crippen molar-refractivity contribution in [3.05, 3.63) is 71.0 Å². The Kier molecular flexibility index (Phi) is 3.55. The van der Waals surface area contributed by atoms with Crippen LogP contribution in [-0.4, -0.2) is 29.0 Å². The van der Waals surface area contributed by atoms with E-state index in [1.807, 2.05) is 0 Å². The van der Waals surface area contributed by atoms with Gasteiger partial charge in [-0.25, -0.2) is 4.39 Å². The molecule has 1 aliphatic rings. The molecular weight excluding hydrogens is 285 g/mol. The molecule has 0 aliphatic carbocycles. The first-order chi connectivity index (χ1) is 10.6. The van der Waals surface area contributed by atoms with E-state index in [0.717, 1.165) is 4.90 Å². The maximum Gasteiger partial charge on any atom is 0.261 e. The van der Waals surface area contributed by atoms with Crippen molar-refractivity contribution >= 4 is 17.6 Å². The molecule has 0 saturated carbocycles. The lowest BCUT2D eigenvalue weighted by atomic mass is 10.1. The first kappa shape index (κ1) is 14.1. The van der Waals surface area contributed by atoms with Gasteiger partial charge in [-0.3, -0.25) is 19.3 Å². The lowest BCUT2D eigenvalue weighted by Gasteiger charge is -2.12. The number of nitrogens with zero attached hydrogens (tertiary/aromatic N) is 1. The van der Waals surface area contributed by atoms with Crippen LogP contribution in [0.25, 0.3) is 0 Å². The zero-order chi connectivity index (χ0) is 15.7. The maximum atomic E-state index is 12.8. The Hall–Kier alpha value is -2.82. The summed E-state index contributed by atoms with van der Waals surface area (Å²) in [6.45, 7) is -0.274. The molecule has 1 aliphatic heterocycles. The molecule has 0 spiro atoms. The Bertz CT molecular complexity index is 733. The fraction of sp³-hybridized carbons (Fsp3) is 0.118. The van der Waals surface area contributed by atoms with Crippen LogP contribution in [-0.2, 0) is 11.2 Å². The Morgan fingerprint density at radius 2 is 1.45 bits per heavy atom. The van der Waals surface area contributed by atoms with E-state index in [9.17, 15) is 18.8 Å². The topological polar surface area (TPSA) is 54.5 Å². The second-order valence-electron chi connectivity index (χ2n) is 5.08. The summed E-state index contributed by atoms with van der Waals surface area (Å²) in [5.41, 5.74) is 1.28. The number of hydrogen-bond donors (Lipinski definition) is 0. The molecule has 0 aromatic heterocycles. The zero-order valence-electron chi connectivity index (χ0n) is 11.6. The van der Waals surface area contributed by atoms with Crippen molar-refractivity contribution in [2.24, 2.45) is 0 Å². The number of fused-ring (bicyclic) bond motifs is 1. The van der Waals surface area contributed by atoms with E-state index in [-0.39, 0.29) is 24.6 Å². The molecule has 0 fully saturated rings. The highest BCUT2D eigenvalue weighted by atomic mass is 19.1. The number of rotatable bonds is 4. The van der Waals surface area contributed by atoms with Gasteiger partial charge in [0.2, 0.25) is 0 Å². The van der Waals surface area contributed by atoms with Crippen LogP contribution in [0.1, 0.15) is 26.3 Å². The van der Waals surface area contributed by atoms with Gasteiger partial charge in [0, 0.05) is 6.42 Å². The van der Waals surface area contributed by atoms with Gasteiger partial charge in [-0.2, -0.15) is 0 Å². The Labute approximate surface area is 126 Å². The van der Waals surface area contributed by atoms with Gasteiger partial charge >= 0.3 is 0 Å². The molecule has 0 unspecified atom stereocenters. The molecule has 5 heteroatoms. The number of benzene rings is 2. The second-order valence-corrected chi connectivity index (χ2v) is 5.08. The van der Waals surface area contributed by atoms with Crippen LogP contribution in [0, 0.1) is 5.82 Å². The molecular formula is C17H12FNO3. The van der Waals surface area contributed by atoms with E-state index in [1.165, 1.54) is 24.3 Å². The first-order valence-electron chi connectivity index (χ1n) is 6.77. The highest BCUT2D eigenvalue weighted by molar-refractivity contribution is 6.22. The van der Waals surface area contributed by atoms with Gasteiger partial charge in [0.05, 0.1) is 17.7 Å². The SMILES string of the molecule is O=C(Cc1ccc(F)cc1)CN1C(=O)c2ccccc2C1=O. The van der Waals surface area contributed by atoms with E-state index >= 15 is 0 Å². The number of carbonyl (C=O) groups excluding carboxylic acids is 3. The number of carbonyl (C=O) groups is 3. The van der Waals surface area contributed by atoms with Crippen LogP contribution in [0.5, 0.6) is 0 Å². The summed E-state index contributed by atoms with van der Waals surface area (Å²) in [5.74, 6) is -1.56. The van der Waals surface area contributed by atoms with Crippen molar-refractivity contribution in [3.63, 3.8) is 0 Å². The third-order valence-corrected chi connectivity index (χ3v) is 3.53. The zero-order valence-corrected chi connectivity index (χ0v) is 11.6.